The summed E-state index contributed by atoms with van der Waals surface area (Å²) in [6.45, 7) is 3.24. The van der Waals surface area contributed by atoms with Crippen molar-refractivity contribution < 1.29 is 22.7 Å². The molecule has 0 unspecified atom stereocenters. The van der Waals surface area contributed by atoms with Crippen LogP contribution in [-0.2, 0) is 32.6 Å². The third-order valence-corrected chi connectivity index (χ3v) is 9.76. The second kappa shape index (κ2) is 15.3. The third kappa shape index (κ3) is 8.36. The van der Waals surface area contributed by atoms with Gasteiger partial charge in [-0.05, 0) is 67.9 Å². The fraction of sp³-hybridized carbons (Fsp3) is 0.235. The second-order valence-corrected chi connectivity index (χ2v) is 13.0. The van der Waals surface area contributed by atoms with E-state index in [-0.39, 0.29) is 23.5 Å². The minimum atomic E-state index is -4.23. The van der Waals surface area contributed by atoms with Crippen molar-refractivity contribution in [1.29, 1.82) is 0 Å². The van der Waals surface area contributed by atoms with Gasteiger partial charge in [0, 0.05) is 35.1 Å². The van der Waals surface area contributed by atoms with Crippen LogP contribution in [0.25, 0.3) is 0 Å². The van der Waals surface area contributed by atoms with Crippen LogP contribution in [0, 0.1) is 6.92 Å². The summed E-state index contributed by atoms with van der Waals surface area (Å²) in [4.78, 5) is 29.5. The Labute approximate surface area is 274 Å². The summed E-state index contributed by atoms with van der Waals surface area (Å²) in [5, 5.41) is 3.46. The van der Waals surface area contributed by atoms with Crippen molar-refractivity contribution in [2.24, 2.45) is 0 Å². The molecule has 0 aromatic heterocycles. The van der Waals surface area contributed by atoms with Crippen LogP contribution in [0.3, 0.4) is 0 Å². The van der Waals surface area contributed by atoms with E-state index in [1.807, 2.05) is 37.3 Å². The van der Waals surface area contributed by atoms with Gasteiger partial charge in [-0.25, -0.2) is 8.42 Å². The molecule has 0 bridgehead atoms. The van der Waals surface area contributed by atoms with Gasteiger partial charge in [-0.15, -0.1) is 0 Å². The smallest absolute Gasteiger partial charge is 0.264 e. The van der Waals surface area contributed by atoms with E-state index in [4.69, 9.17) is 27.9 Å². The minimum Gasteiger partial charge on any atom is -0.497 e. The van der Waals surface area contributed by atoms with Gasteiger partial charge in [0.25, 0.3) is 10.0 Å². The van der Waals surface area contributed by atoms with Crippen LogP contribution in [0.2, 0.25) is 10.0 Å². The van der Waals surface area contributed by atoms with E-state index in [0.717, 1.165) is 15.4 Å². The molecule has 0 aliphatic carbocycles. The Bertz CT molecular complexity index is 1700. The Morgan fingerprint density at radius 1 is 0.867 bits per heavy atom. The van der Waals surface area contributed by atoms with E-state index in [2.05, 4.69) is 5.32 Å². The molecule has 0 heterocycles. The van der Waals surface area contributed by atoms with Crippen molar-refractivity contribution in [3.05, 3.63) is 124 Å². The molecular formula is C34H35Cl2N3O5S. The number of anilines is 1. The SMILES string of the molecule is CCNC(=O)[C@H](Cc1ccccc1)N(Cc1c(Cl)cccc1Cl)C(=O)CN(c1ccc(OC)cc1)S(=O)(=O)c1ccc(C)cc1. The van der Waals surface area contributed by atoms with Gasteiger partial charge in [0.2, 0.25) is 11.8 Å². The largest absolute Gasteiger partial charge is 0.497 e. The molecule has 0 saturated carbocycles. The molecule has 236 valence electrons. The van der Waals surface area contributed by atoms with Crippen LogP contribution in [-0.4, -0.2) is 51.4 Å². The Kier molecular flexibility index (Phi) is 11.5. The van der Waals surface area contributed by atoms with E-state index < -0.39 is 34.4 Å². The lowest BCUT2D eigenvalue weighted by atomic mass is 10.0. The van der Waals surface area contributed by atoms with Gasteiger partial charge in [-0.2, -0.15) is 0 Å². The second-order valence-electron chi connectivity index (χ2n) is 10.3. The number of methoxy groups -OCH3 is 1. The number of amides is 2. The number of ether oxygens (including phenoxy) is 1. The summed E-state index contributed by atoms with van der Waals surface area (Å²) in [7, 11) is -2.73. The fourth-order valence-electron chi connectivity index (χ4n) is 4.81. The van der Waals surface area contributed by atoms with E-state index in [0.29, 0.717) is 27.9 Å². The summed E-state index contributed by atoms with van der Waals surface area (Å²) in [5.41, 5.74) is 2.39. The van der Waals surface area contributed by atoms with Crippen molar-refractivity contribution >= 4 is 50.7 Å². The number of nitrogens with one attached hydrogen (secondary N) is 1. The number of rotatable bonds is 13. The van der Waals surface area contributed by atoms with Gasteiger partial charge in [-0.1, -0.05) is 77.3 Å². The molecule has 0 saturated heterocycles. The highest BCUT2D eigenvalue weighted by atomic mass is 35.5. The molecule has 0 fully saturated rings. The zero-order valence-corrected chi connectivity index (χ0v) is 27.6. The highest BCUT2D eigenvalue weighted by molar-refractivity contribution is 7.92. The van der Waals surface area contributed by atoms with Gasteiger partial charge in [-0.3, -0.25) is 13.9 Å². The molecule has 4 aromatic carbocycles. The van der Waals surface area contributed by atoms with Crippen molar-refractivity contribution in [2.75, 3.05) is 24.5 Å². The van der Waals surface area contributed by atoms with E-state index in [1.165, 1.54) is 24.1 Å². The Morgan fingerprint density at radius 2 is 1.49 bits per heavy atom. The molecule has 4 aromatic rings. The van der Waals surface area contributed by atoms with Crippen LogP contribution in [0.15, 0.2) is 102 Å². The predicted molar refractivity (Wildman–Crippen MR) is 178 cm³/mol. The molecular weight excluding hydrogens is 633 g/mol. The Hall–Kier alpha value is -4.05. The summed E-state index contributed by atoms with van der Waals surface area (Å²) in [5.74, 6) is -0.494. The molecule has 8 nitrogen and oxygen atoms in total. The van der Waals surface area contributed by atoms with Crippen LogP contribution in [0.1, 0.15) is 23.6 Å². The maximum Gasteiger partial charge on any atom is 0.264 e. The topological polar surface area (TPSA) is 96.0 Å². The van der Waals surface area contributed by atoms with Gasteiger partial charge >= 0.3 is 0 Å². The number of carbonyl (C=O) groups is 2. The summed E-state index contributed by atoms with van der Waals surface area (Å²) < 4.78 is 34.6. The van der Waals surface area contributed by atoms with Crippen molar-refractivity contribution in [1.82, 2.24) is 10.2 Å². The molecule has 1 N–H and O–H groups in total. The van der Waals surface area contributed by atoms with E-state index >= 15 is 0 Å². The number of sulfonamides is 1. The number of aryl methyl sites for hydroxylation is 1. The highest BCUT2D eigenvalue weighted by Crippen LogP contribution is 2.30. The molecule has 0 spiro atoms. The molecule has 45 heavy (non-hydrogen) atoms. The molecule has 4 rings (SSSR count). The molecule has 0 aliphatic rings. The van der Waals surface area contributed by atoms with Crippen LogP contribution >= 0.6 is 23.2 Å². The highest BCUT2D eigenvalue weighted by Gasteiger charge is 2.35. The maximum atomic E-state index is 14.5. The Morgan fingerprint density at radius 3 is 2.07 bits per heavy atom. The Balaban J connectivity index is 1.83. The first kappa shape index (κ1) is 33.8. The van der Waals surface area contributed by atoms with E-state index in [1.54, 1.807) is 61.5 Å². The lowest BCUT2D eigenvalue weighted by Gasteiger charge is -2.34. The normalized spacial score (nSPS) is 11.8. The number of hydrogen-bond donors (Lipinski definition) is 1. The van der Waals surface area contributed by atoms with E-state index in [9.17, 15) is 18.0 Å². The van der Waals surface area contributed by atoms with Crippen molar-refractivity contribution in [3.63, 3.8) is 0 Å². The first-order valence-corrected chi connectivity index (χ1v) is 16.5. The van der Waals surface area contributed by atoms with Crippen LogP contribution in [0.4, 0.5) is 5.69 Å². The number of hydrogen-bond acceptors (Lipinski definition) is 5. The molecule has 1 atom stereocenters. The molecule has 0 radical (unpaired) electrons. The first-order valence-electron chi connectivity index (χ1n) is 14.3. The standard InChI is InChI=1S/C34H35Cl2N3O5S/c1-4-37-34(41)32(21-25-9-6-5-7-10-25)38(22-29-30(35)11-8-12-31(29)36)33(40)23-39(26-15-17-27(44-3)18-16-26)45(42,43)28-19-13-24(2)14-20-28/h5-20,32H,4,21-23H2,1-3H3,(H,37,41)/t32-/m0/s1. The average molecular weight is 669 g/mol. The lowest BCUT2D eigenvalue weighted by molar-refractivity contribution is -0.140. The predicted octanol–water partition coefficient (Wildman–Crippen LogP) is 6.28. The van der Waals surface area contributed by atoms with Gasteiger partial charge < -0.3 is 15.0 Å². The van der Waals surface area contributed by atoms with Gasteiger partial charge in [0.15, 0.2) is 0 Å². The van der Waals surface area contributed by atoms with Gasteiger partial charge in [0.1, 0.15) is 18.3 Å². The number of likely N-dealkylation sites (N-methyl/N-ethyl adjacent to an activating group) is 1. The van der Waals surface area contributed by atoms with Crippen molar-refractivity contribution in [3.8, 4) is 5.75 Å². The lowest BCUT2D eigenvalue weighted by Crippen LogP contribution is -2.53. The summed E-state index contributed by atoms with van der Waals surface area (Å²) in [6.07, 6.45) is 0.174. The quantitative estimate of drug-likeness (QED) is 0.181. The molecule has 0 aliphatic heterocycles. The van der Waals surface area contributed by atoms with Gasteiger partial charge in [0.05, 0.1) is 17.7 Å². The number of benzene rings is 4. The van der Waals surface area contributed by atoms with Crippen LogP contribution in [0.5, 0.6) is 5.75 Å². The third-order valence-electron chi connectivity index (χ3n) is 7.26. The zero-order chi connectivity index (χ0) is 32.6. The molecule has 11 heteroatoms. The summed E-state index contributed by atoms with van der Waals surface area (Å²) >= 11 is 13.1. The monoisotopic (exact) mass is 667 g/mol. The average Bonchev–Trinajstić information content (AvgIpc) is 3.03. The molecule has 2 amide bonds. The fourth-order valence-corrected chi connectivity index (χ4v) is 6.75. The minimum absolute atomic E-state index is 0.0157. The maximum absolute atomic E-state index is 14.5. The van der Waals surface area contributed by atoms with Crippen molar-refractivity contribution in [2.45, 2.75) is 37.8 Å². The van der Waals surface area contributed by atoms with Crippen LogP contribution < -0.4 is 14.4 Å². The first-order chi connectivity index (χ1) is 21.5. The number of nitrogens with zero attached hydrogens (tertiary/aromatic N) is 2. The summed E-state index contributed by atoms with van der Waals surface area (Å²) in [6, 6.07) is 26.0. The zero-order valence-electron chi connectivity index (χ0n) is 25.2. The number of halogens is 2. The number of carbonyl (C=O) groups excluding carboxylic acids is 2.